The highest BCUT2D eigenvalue weighted by Gasteiger charge is 2.18. The van der Waals surface area contributed by atoms with Gasteiger partial charge in [0, 0.05) is 13.1 Å². The van der Waals surface area contributed by atoms with Crippen molar-refractivity contribution in [3.63, 3.8) is 0 Å². The van der Waals surface area contributed by atoms with Crippen LogP contribution < -0.4 is 0 Å². The highest BCUT2D eigenvalue weighted by molar-refractivity contribution is 7.71. The SMILES string of the molecule is O[C@@H]1CCCN(Cn2c(=S)oc3ccccc32)C1. The molecule has 1 saturated heterocycles. The van der Waals surface area contributed by atoms with Crippen LogP contribution in [0.15, 0.2) is 28.7 Å². The normalized spacial score (nSPS) is 21.5. The molecule has 4 nitrogen and oxygen atoms in total. The molecule has 1 aliphatic heterocycles. The average Bonchev–Trinajstić information content (AvgIpc) is 2.66. The minimum absolute atomic E-state index is 0.217. The molecule has 5 heteroatoms. The van der Waals surface area contributed by atoms with Crippen molar-refractivity contribution in [1.29, 1.82) is 0 Å². The van der Waals surface area contributed by atoms with Gasteiger partial charge in [0.05, 0.1) is 18.3 Å². The van der Waals surface area contributed by atoms with Crippen molar-refractivity contribution in [1.82, 2.24) is 9.47 Å². The topological polar surface area (TPSA) is 41.5 Å². The Bertz CT molecular complexity index is 604. The summed E-state index contributed by atoms with van der Waals surface area (Å²) < 4.78 is 7.54. The van der Waals surface area contributed by atoms with Crippen molar-refractivity contribution >= 4 is 23.3 Å². The van der Waals surface area contributed by atoms with Crippen molar-refractivity contribution in [2.75, 3.05) is 13.1 Å². The Balaban J connectivity index is 1.90. The number of piperidine rings is 1. The van der Waals surface area contributed by atoms with Crippen LogP contribution >= 0.6 is 12.2 Å². The van der Waals surface area contributed by atoms with Gasteiger partial charge in [0.25, 0.3) is 4.84 Å². The molecule has 0 bridgehead atoms. The van der Waals surface area contributed by atoms with Crippen molar-refractivity contribution in [3.8, 4) is 0 Å². The third-order valence-electron chi connectivity index (χ3n) is 3.40. The van der Waals surface area contributed by atoms with E-state index in [1.54, 1.807) is 0 Å². The Labute approximate surface area is 110 Å². The number of aliphatic hydroxyl groups is 1. The van der Waals surface area contributed by atoms with E-state index in [1.165, 1.54) is 0 Å². The summed E-state index contributed by atoms with van der Waals surface area (Å²) in [6, 6.07) is 7.85. The van der Waals surface area contributed by atoms with Gasteiger partial charge in [-0.1, -0.05) is 12.1 Å². The molecule has 0 spiro atoms. The summed E-state index contributed by atoms with van der Waals surface area (Å²) in [6.07, 6.45) is 1.71. The summed E-state index contributed by atoms with van der Waals surface area (Å²) in [5.74, 6) is 0. The third-order valence-corrected chi connectivity index (χ3v) is 3.70. The Kier molecular flexibility index (Phi) is 3.20. The number of aromatic nitrogens is 1. The second-order valence-corrected chi connectivity index (χ2v) is 5.13. The monoisotopic (exact) mass is 264 g/mol. The fourth-order valence-electron chi connectivity index (χ4n) is 2.51. The number of likely N-dealkylation sites (tertiary alicyclic amines) is 1. The van der Waals surface area contributed by atoms with Crippen LogP contribution in [0.3, 0.4) is 0 Å². The molecule has 2 heterocycles. The van der Waals surface area contributed by atoms with Gasteiger partial charge in [-0.05, 0) is 37.2 Å². The van der Waals surface area contributed by atoms with Gasteiger partial charge in [0.15, 0.2) is 5.58 Å². The summed E-state index contributed by atoms with van der Waals surface area (Å²) in [4.78, 5) is 2.71. The number of rotatable bonds is 2. The van der Waals surface area contributed by atoms with Gasteiger partial charge in [-0.25, -0.2) is 0 Å². The zero-order chi connectivity index (χ0) is 12.5. The van der Waals surface area contributed by atoms with Gasteiger partial charge in [0.2, 0.25) is 0 Å². The summed E-state index contributed by atoms with van der Waals surface area (Å²) in [7, 11) is 0. The lowest BCUT2D eigenvalue weighted by molar-refractivity contribution is 0.0542. The molecule has 1 fully saturated rings. The maximum atomic E-state index is 9.69. The quantitative estimate of drug-likeness (QED) is 0.846. The fraction of sp³-hybridized carbons (Fsp3) is 0.462. The third kappa shape index (κ3) is 2.21. The van der Waals surface area contributed by atoms with E-state index in [4.69, 9.17) is 16.6 Å². The van der Waals surface area contributed by atoms with Crippen molar-refractivity contribution < 1.29 is 9.52 Å². The van der Waals surface area contributed by atoms with Gasteiger partial charge >= 0.3 is 0 Å². The number of benzene rings is 1. The molecular formula is C13H16N2O2S. The molecule has 1 aliphatic rings. The van der Waals surface area contributed by atoms with E-state index in [0.717, 1.165) is 30.5 Å². The van der Waals surface area contributed by atoms with E-state index >= 15 is 0 Å². The standard InChI is InChI=1S/C13H16N2O2S/c16-10-4-3-7-14(8-10)9-15-11-5-1-2-6-12(11)17-13(15)18/h1-2,5-6,10,16H,3-4,7-9H2/t10-/m1/s1. The highest BCUT2D eigenvalue weighted by Crippen LogP contribution is 2.19. The van der Waals surface area contributed by atoms with Crippen molar-refractivity contribution in [3.05, 3.63) is 29.1 Å². The van der Waals surface area contributed by atoms with E-state index in [1.807, 2.05) is 28.8 Å². The van der Waals surface area contributed by atoms with Crippen LogP contribution in [0.25, 0.3) is 11.1 Å². The van der Waals surface area contributed by atoms with Crippen LogP contribution in [0.4, 0.5) is 0 Å². The van der Waals surface area contributed by atoms with Crippen molar-refractivity contribution in [2.45, 2.75) is 25.6 Å². The minimum atomic E-state index is -0.217. The summed E-state index contributed by atoms with van der Waals surface area (Å²) in [5, 5.41) is 9.69. The molecule has 0 unspecified atom stereocenters. The van der Waals surface area contributed by atoms with Gasteiger partial charge in [-0.2, -0.15) is 0 Å². The number of hydrogen-bond acceptors (Lipinski definition) is 4. The molecule has 2 aromatic rings. The first-order valence-electron chi connectivity index (χ1n) is 6.23. The molecule has 0 aliphatic carbocycles. The molecule has 0 radical (unpaired) electrons. The first-order chi connectivity index (χ1) is 8.74. The van der Waals surface area contributed by atoms with Crippen LogP contribution in [0.5, 0.6) is 0 Å². The van der Waals surface area contributed by atoms with E-state index < -0.39 is 0 Å². The lowest BCUT2D eigenvalue weighted by atomic mass is 10.1. The fourth-order valence-corrected chi connectivity index (χ4v) is 2.75. The molecule has 3 rings (SSSR count). The first kappa shape index (κ1) is 11.9. The molecule has 18 heavy (non-hydrogen) atoms. The first-order valence-corrected chi connectivity index (χ1v) is 6.63. The van der Waals surface area contributed by atoms with Crippen LogP contribution in [0.2, 0.25) is 0 Å². The average molecular weight is 264 g/mol. The summed E-state index contributed by atoms with van der Waals surface area (Å²) in [5.41, 5.74) is 1.84. The van der Waals surface area contributed by atoms with E-state index in [2.05, 4.69) is 4.90 Å². The second kappa shape index (κ2) is 4.84. The number of aliphatic hydroxyl groups excluding tert-OH is 1. The van der Waals surface area contributed by atoms with Crippen LogP contribution in [0.1, 0.15) is 12.8 Å². The molecule has 0 amide bonds. The van der Waals surface area contributed by atoms with Crippen LogP contribution in [-0.4, -0.2) is 33.8 Å². The maximum absolute atomic E-state index is 9.69. The van der Waals surface area contributed by atoms with Crippen LogP contribution in [0, 0.1) is 4.84 Å². The molecule has 1 aromatic carbocycles. The Morgan fingerprint density at radius 2 is 2.22 bits per heavy atom. The smallest absolute Gasteiger partial charge is 0.270 e. The largest absolute Gasteiger partial charge is 0.429 e. The number of oxazole rings is 1. The van der Waals surface area contributed by atoms with Crippen LogP contribution in [-0.2, 0) is 6.67 Å². The Morgan fingerprint density at radius 3 is 3.06 bits per heavy atom. The molecular weight excluding hydrogens is 248 g/mol. The molecule has 1 N–H and O–H groups in total. The maximum Gasteiger partial charge on any atom is 0.270 e. The van der Waals surface area contributed by atoms with Gasteiger partial charge in [-0.3, -0.25) is 9.47 Å². The molecule has 0 saturated carbocycles. The lowest BCUT2D eigenvalue weighted by Gasteiger charge is -2.29. The van der Waals surface area contributed by atoms with Crippen molar-refractivity contribution in [2.24, 2.45) is 0 Å². The van der Waals surface area contributed by atoms with Gasteiger partial charge in [-0.15, -0.1) is 0 Å². The molecule has 1 atom stereocenters. The van der Waals surface area contributed by atoms with E-state index in [9.17, 15) is 5.11 Å². The Hall–Kier alpha value is -1.17. The number of nitrogens with zero attached hydrogens (tertiary/aromatic N) is 2. The second-order valence-electron chi connectivity index (χ2n) is 4.78. The summed E-state index contributed by atoms with van der Waals surface area (Å²) in [6.45, 7) is 2.40. The zero-order valence-electron chi connectivity index (χ0n) is 10.1. The number of β-amino-alcohol motifs (C(OH)–C–C–N with tert-alkyl or cyclic N) is 1. The van der Waals surface area contributed by atoms with E-state index in [-0.39, 0.29) is 6.10 Å². The van der Waals surface area contributed by atoms with Gasteiger partial charge < -0.3 is 9.52 Å². The molecule has 1 aromatic heterocycles. The number of fused-ring (bicyclic) bond motifs is 1. The van der Waals surface area contributed by atoms with Gasteiger partial charge in [0.1, 0.15) is 0 Å². The lowest BCUT2D eigenvalue weighted by Crippen LogP contribution is -2.39. The predicted molar refractivity (Wildman–Crippen MR) is 71.9 cm³/mol. The zero-order valence-corrected chi connectivity index (χ0v) is 10.9. The Morgan fingerprint density at radius 1 is 1.39 bits per heavy atom. The number of para-hydroxylation sites is 2. The number of hydrogen-bond donors (Lipinski definition) is 1. The van der Waals surface area contributed by atoms with E-state index in [0.29, 0.717) is 18.1 Å². The molecule has 96 valence electrons. The summed E-state index contributed by atoms with van der Waals surface area (Å²) >= 11 is 5.26. The minimum Gasteiger partial charge on any atom is -0.429 e. The predicted octanol–water partition coefficient (Wildman–Crippen LogP) is 2.38. The highest BCUT2D eigenvalue weighted by atomic mass is 32.1.